The van der Waals surface area contributed by atoms with E-state index >= 15 is 0 Å². The zero-order valence-electron chi connectivity index (χ0n) is 16.2. The van der Waals surface area contributed by atoms with Gasteiger partial charge in [-0.05, 0) is 92.9 Å². The Morgan fingerprint density at radius 2 is 1.81 bits per heavy atom. The Morgan fingerprint density at radius 3 is 2.52 bits per heavy atom. The molecule has 3 nitrogen and oxygen atoms in total. The summed E-state index contributed by atoms with van der Waals surface area (Å²) in [5.74, 6) is 3.09. The van der Waals surface area contributed by atoms with Gasteiger partial charge in [0.1, 0.15) is 0 Å². The average Bonchev–Trinajstić information content (AvgIpc) is 2.60. The standard InChI is InChI=1S/C23H30ClN3/c1-15(27-21-4-5-26-22-9-19(24)2-3-20(21)22)13-25-14-23-10-16-6-17(11-23)8-18(7-16)12-23/h2-5,9,15-18,25H,6-8,10-14H2,1H3,(H,26,27). The van der Waals surface area contributed by atoms with Crippen LogP contribution in [0.2, 0.25) is 5.02 Å². The maximum Gasteiger partial charge on any atom is 0.0737 e. The van der Waals surface area contributed by atoms with E-state index in [1.807, 2.05) is 18.3 Å². The van der Waals surface area contributed by atoms with Crippen LogP contribution in [0, 0.1) is 23.2 Å². The third-order valence-electron chi connectivity index (χ3n) is 7.22. The molecule has 4 aliphatic carbocycles. The number of aromatic nitrogens is 1. The monoisotopic (exact) mass is 383 g/mol. The van der Waals surface area contributed by atoms with Crippen LogP contribution < -0.4 is 10.6 Å². The second kappa shape index (κ2) is 6.93. The van der Waals surface area contributed by atoms with Gasteiger partial charge in [-0.15, -0.1) is 0 Å². The smallest absolute Gasteiger partial charge is 0.0737 e. The van der Waals surface area contributed by atoms with Crippen molar-refractivity contribution >= 4 is 28.2 Å². The lowest BCUT2D eigenvalue weighted by molar-refractivity contribution is -0.0512. The zero-order valence-corrected chi connectivity index (χ0v) is 16.9. The first-order valence-electron chi connectivity index (χ1n) is 10.6. The van der Waals surface area contributed by atoms with Crippen LogP contribution in [-0.2, 0) is 0 Å². The summed E-state index contributed by atoms with van der Waals surface area (Å²) in [6, 6.07) is 8.36. The highest BCUT2D eigenvalue weighted by Gasteiger charge is 2.50. The largest absolute Gasteiger partial charge is 0.381 e. The van der Waals surface area contributed by atoms with Gasteiger partial charge in [-0.25, -0.2) is 0 Å². The lowest BCUT2D eigenvalue weighted by Crippen LogP contribution is -2.51. The Labute approximate surface area is 167 Å². The van der Waals surface area contributed by atoms with Crippen molar-refractivity contribution in [2.24, 2.45) is 23.2 Å². The Balaban J connectivity index is 1.19. The van der Waals surface area contributed by atoms with Crippen LogP contribution in [0.3, 0.4) is 0 Å². The first-order valence-corrected chi connectivity index (χ1v) is 11.0. The molecule has 1 heterocycles. The van der Waals surface area contributed by atoms with Crippen molar-refractivity contribution in [2.45, 2.75) is 51.5 Å². The fourth-order valence-electron chi connectivity index (χ4n) is 6.62. The molecule has 0 amide bonds. The molecule has 1 aromatic carbocycles. The third kappa shape index (κ3) is 3.56. The van der Waals surface area contributed by atoms with E-state index in [0.717, 1.165) is 45.9 Å². The minimum atomic E-state index is 0.375. The molecule has 4 bridgehead atoms. The highest BCUT2D eigenvalue weighted by atomic mass is 35.5. The van der Waals surface area contributed by atoms with Gasteiger partial charge in [0.25, 0.3) is 0 Å². The number of rotatable bonds is 6. The second-order valence-corrected chi connectivity index (χ2v) is 10.1. The van der Waals surface area contributed by atoms with Crippen molar-refractivity contribution in [3.8, 4) is 0 Å². The van der Waals surface area contributed by atoms with Crippen LogP contribution in [0.15, 0.2) is 30.5 Å². The van der Waals surface area contributed by atoms with Crippen LogP contribution in [0.5, 0.6) is 0 Å². The molecular weight excluding hydrogens is 354 g/mol. The summed E-state index contributed by atoms with van der Waals surface area (Å²) in [5.41, 5.74) is 2.69. The van der Waals surface area contributed by atoms with Gasteiger partial charge in [0.05, 0.1) is 5.52 Å². The van der Waals surface area contributed by atoms with Gasteiger partial charge >= 0.3 is 0 Å². The molecule has 0 spiro atoms. The summed E-state index contributed by atoms with van der Waals surface area (Å²) in [6.45, 7) is 4.46. The molecule has 4 fully saturated rings. The molecule has 4 saturated carbocycles. The number of benzene rings is 1. The van der Waals surface area contributed by atoms with Crippen LogP contribution in [-0.4, -0.2) is 24.1 Å². The Bertz CT molecular complexity index is 798. The van der Waals surface area contributed by atoms with E-state index in [0.29, 0.717) is 11.5 Å². The van der Waals surface area contributed by atoms with Gasteiger partial charge in [0, 0.05) is 41.4 Å². The van der Waals surface area contributed by atoms with Crippen molar-refractivity contribution < 1.29 is 0 Å². The molecule has 0 aliphatic heterocycles. The third-order valence-corrected chi connectivity index (χ3v) is 7.46. The van der Waals surface area contributed by atoms with Gasteiger partial charge in [-0.3, -0.25) is 4.98 Å². The molecule has 0 radical (unpaired) electrons. The van der Waals surface area contributed by atoms with E-state index in [1.165, 1.54) is 45.1 Å². The molecule has 4 heteroatoms. The van der Waals surface area contributed by atoms with E-state index in [-0.39, 0.29) is 0 Å². The SMILES string of the molecule is CC(CNCC12CC3CC(CC(C3)C1)C2)Nc1ccnc2cc(Cl)ccc12. The lowest BCUT2D eigenvalue weighted by atomic mass is 9.49. The van der Waals surface area contributed by atoms with Crippen molar-refractivity contribution in [1.29, 1.82) is 0 Å². The van der Waals surface area contributed by atoms with Gasteiger partial charge in [0.2, 0.25) is 0 Å². The Morgan fingerprint density at radius 1 is 1.11 bits per heavy atom. The van der Waals surface area contributed by atoms with Crippen LogP contribution in [0.4, 0.5) is 5.69 Å². The minimum Gasteiger partial charge on any atom is -0.381 e. The molecule has 1 atom stereocenters. The molecule has 27 heavy (non-hydrogen) atoms. The summed E-state index contributed by atoms with van der Waals surface area (Å²) in [5, 5.41) is 9.36. The number of hydrogen-bond donors (Lipinski definition) is 2. The van der Waals surface area contributed by atoms with E-state index in [4.69, 9.17) is 11.6 Å². The highest BCUT2D eigenvalue weighted by Crippen LogP contribution is 2.59. The number of halogens is 1. The first kappa shape index (κ1) is 17.8. The van der Waals surface area contributed by atoms with Gasteiger partial charge in [-0.2, -0.15) is 0 Å². The molecule has 144 valence electrons. The number of hydrogen-bond acceptors (Lipinski definition) is 3. The first-order chi connectivity index (χ1) is 13.1. The summed E-state index contributed by atoms with van der Waals surface area (Å²) in [7, 11) is 0. The number of nitrogens with one attached hydrogen (secondary N) is 2. The number of nitrogens with zero attached hydrogens (tertiary/aromatic N) is 1. The van der Waals surface area contributed by atoms with E-state index in [2.05, 4.69) is 34.7 Å². The predicted octanol–water partition coefficient (Wildman–Crippen LogP) is 5.49. The van der Waals surface area contributed by atoms with Crippen LogP contribution in [0.1, 0.15) is 45.4 Å². The molecule has 6 rings (SSSR count). The number of fused-ring (bicyclic) bond motifs is 1. The molecular formula is C23H30ClN3. The van der Waals surface area contributed by atoms with Gasteiger partial charge in [-0.1, -0.05) is 11.6 Å². The van der Waals surface area contributed by atoms with Crippen molar-refractivity contribution in [2.75, 3.05) is 18.4 Å². The van der Waals surface area contributed by atoms with Crippen LogP contribution in [0.25, 0.3) is 10.9 Å². The maximum absolute atomic E-state index is 6.10. The van der Waals surface area contributed by atoms with Gasteiger partial charge in [0.15, 0.2) is 0 Å². The molecule has 0 saturated heterocycles. The maximum atomic E-state index is 6.10. The molecule has 1 aromatic heterocycles. The molecule has 2 N–H and O–H groups in total. The quantitative estimate of drug-likeness (QED) is 0.692. The van der Waals surface area contributed by atoms with Crippen LogP contribution >= 0.6 is 11.6 Å². The summed E-state index contributed by atoms with van der Waals surface area (Å²) >= 11 is 6.10. The summed E-state index contributed by atoms with van der Waals surface area (Å²) in [4.78, 5) is 4.44. The van der Waals surface area contributed by atoms with E-state index in [1.54, 1.807) is 0 Å². The lowest BCUT2D eigenvalue weighted by Gasteiger charge is -2.57. The number of pyridine rings is 1. The molecule has 2 aromatic rings. The molecule has 1 unspecified atom stereocenters. The van der Waals surface area contributed by atoms with Crippen molar-refractivity contribution in [3.63, 3.8) is 0 Å². The van der Waals surface area contributed by atoms with Crippen molar-refractivity contribution in [1.82, 2.24) is 10.3 Å². The predicted molar refractivity (Wildman–Crippen MR) is 113 cm³/mol. The second-order valence-electron chi connectivity index (χ2n) is 9.61. The van der Waals surface area contributed by atoms with Crippen molar-refractivity contribution in [3.05, 3.63) is 35.5 Å². The normalized spacial score (nSPS) is 32.7. The minimum absolute atomic E-state index is 0.375. The summed E-state index contributed by atoms with van der Waals surface area (Å²) < 4.78 is 0. The fraction of sp³-hybridized carbons (Fsp3) is 0.609. The zero-order chi connectivity index (χ0) is 18.4. The highest BCUT2D eigenvalue weighted by molar-refractivity contribution is 6.31. The van der Waals surface area contributed by atoms with E-state index < -0.39 is 0 Å². The summed E-state index contributed by atoms with van der Waals surface area (Å²) in [6.07, 6.45) is 10.9. The Kier molecular flexibility index (Phi) is 4.56. The van der Waals surface area contributed by atoms with Gasteiger partial charge < -0.3 is 10.6 Å². The van der Waals surface area contributed by atoms with E-state index in [9.17, 15) is 0 Å². The fourth-order valence-corrected chi connectivity index (χ4v) is 6.79. The number of anilines is 1. The average molecular weight is 384 g/mol. The topological polar surface area (TPSA) is 37.0 Å². The molecule has 4 aliphatic rings. The Hall–Kier alpha value is -1.32.